The molecule has 2 heteroatoms. The number of rotatable bonds is 4. The van der Waals surface area contributed by atoms with E-state index in [4.69, 9.17) is 5.84 Å². The van der Waals surface area contributed by atoms with Crippen LogP contribution in [0.5, 0.6) is 0 Å². The van der Waals surface area contributed by atoms with Crippen molar-refractivity contribution in [1.29, 1.82) is 0 Å². The maximum absolute atomic E-state index is 5.78. The average Bonchev–Trinajstić information content (AvgIpc) is 2.79. The van der Waals surface area contributed by atoms with Crippen LogP contribution in [0, 0.1) is 5.92 Å². The molecule has 1 unspecified atom stereocenters. The summed E-state index contributed by atoms with van der Waals surface area (Å²) in [6.45, 7) is 0. The highest BCUT2D eigenvalue weighted by molar-refractivity contribution is 5.11. The highest BCUT2D eigenvalue weighted by Crippen LogP contribution is 2.31. The molecule has 1 saturated carbocycles. The first-order valence-electron chi connectivity index (χ1n) is 7.55. The molecule has 2 rings (SSSR count). The molecule has 0 heterocycles. The quantitative estimate of drug-likeness (QED) is 0.444. The number of allylic oxidation sites excluding steroid dienone is 1. The molecular formula is C15H28N2. The maximum atomic E-state index is 5.78. The molecular weight excluding hydrogens is 208 g/mol. The molecule has 1 fully saturated rings. The molecule has 2 aliphatic carbocycles. The summed E-state index contributed by atoms with van der Waals surface area (Å²) in [7, 11) is 0. The molecule has 3 N–H and O–H groups in total. The van der Waals surface area contributed by atoms with E-state index in [1.807, 2.05) is 0 Å². The van der Waals surface area contributed by atoms with Gasteiger partial charge >= 0.3 is 0 Å². The minimum absolute atomic E-state index is 0.455. The van der Waals surface area contributed by atoms with Crippen LogP contribution in [0.2, 0.25) is 0 Å². The molecule has 2 nitrogen and oxygen atoms in total. The van der Waals surface area contributed by atoms with Gasteiger partial charge in [0.05, 0.1) is 0 Å². The summed E-state index contributed by atoms with van der Waals surface area (Å²) in [6.07, 6.45) is 17.5. The first-order valence-corrected chi connectivity index (χ1v) is 7.55. The second-order valence-electron chi connectivity index (χ2n) is 5.84. The van der Waals surface area contributed by atoms with Gasteiger partial charge in [-0.3, -0.25) is 11.3 Å². The van der Waals surface area contributed by atoms with Crippen LogP contribution in [0.1, 0.15) is 70.6 Å². The van der Waals surface area contributed by atoms with Crippen molar-refractivity contribution in [3.8, 4) is 0 Å². The normalized spacial score (nSPS) is 25.1. The van der Waals surface area contributed by atoms with E-state index in [2.05, 4.69) is 11.5 Å². The molecule has 98 valence electrons. The van der Waals surface area contributed by atoms with Crippen molar-refractivity contribution >= 4 is 0 Å². The van der Waals surface area contributed by atoms with E-state index in [1.54, 1.807) is 5.57 Å². The lowest BCUT2D eigenvalue weighted by molar-refractivity contribution is 0.412. The Kier molecular flexibility index (Phi) is 5.53. The Labute approximate surface area is 106 Å². The Morgan fingerprint density at radius 2 is 1.88 bits per heavy atom. The largest absolute Gasteiger partial charge is 0.271 e. The predicted molar refractivity (Wildman–Crippen MR) is 73.5 cm³/mol. The van der Waals surface area contributed by atoms with Gasteiger partial charge in [0.25, 0.3) is 0 Å². The standard InChI is InChI=1S/C15H28N2/c16-17-15(12-13-8-6-7-9-13)14-10-4-2-1-3-5-11-14/h10,13,15,17H,1-9,11-12,16H2. The van der Waals surface area contributed by atoms with Crippen LogP contribution < -0.4 is 11.3 Å². The van der Waals surface area contributed by atoms with Gasteiger partial charge in [-0.05, 0) is 38.0 Å². The maximum Gasteiger partial charge on any atom is 0.0422 e. The van der Waals surface area contributed by atoms with Crippen LogP contribution in [-0.4, -0.2) is 6.04 Å². The van der Waals surface area contributed by atoms with E-state index in [-0.39, 0.29) is 0 Å². The minimum atomic E-state index is 0.455. The van der Waals surface area contributed by atoms with Crippen LogP contribution in [0.15, 0.2) is 11.6 Å². The zero-order valence-corrected chi connectivity index (χ0v) is 11.1. The third-order valence-electron chi connectivity index (χ3n) is 4.52. The smallest absolute Gasteiger partial charge is 0.0422 e. The summed E-state index contributed by atoms with van der Waals surface area (Å²) < 4.78 is 0. The summed E-state index contributed by atoms with van der Waals surface area (Å²) in [6, 6.07) is 0.455. The van der Waals surface area contributed by atoms with Crippen molar-refractivity contribution in [1.82, 2.24) is 5.43 Å². The third-order valence-corrected chi connectivity index (χ3v) is 4.52. The molecule has 0 saturated heterocycles. The molecule has 0 spiro atoms. The Hall–Kier alpha value is -0.340. The lowest BCUT2D eigenvalue weighted by atomic mass is 9.89. The van der Waals surface area contributed by atoms with Gasteiger partial charge in [0.15, 0.2) is 0 Å². The first kappa shape index (κ1) is 13.1. The molecule has 0 aromatic heterocycles. The molecule has 2 aliphatic rings. The van der Waals surface area contributed by atoms with Gasteiger partial charge in [-0.15, -0.1) is 0 Å². The second-order valence-corrected chi connectivity index (χ2v) is 5.84. The molecule has 0 aromatic rings. The van der Waals surface area contributed by atoms with E-state index < -0.39 is 0 Å². The number of hydrazine groups is 1. The molecule has 0 aliphatic heterocycles. The number of hydrogen-bond acceptors (Lipinski definition) is 2. The Morgan fingerprint density at radius 3 is 2.65 bits per heavy atom. The average molecular weight is 236 g/mol. The van der Waals surface area contributed by atoms with Crippen molar-refractivity contribution in [3.63, 3.8) is 0 Å². The zero-order valence-electron chi connectivity index (χ0n) is 11.1. The summed E-state index contributed by atoms with van der Waals surface area (Å²) in [5.74, 6) is 6.70. The lowest BCUT2D eigenvalue weighted by Crippen LogP contribution is -2.38. The van der Waals surface area contributed by atoms with Crippen molar-refractivity contribution in [2.24, 2.45) is 11.8 Å². The monoisotopic (exact) mass is 236 g/mol. The molecule has 0 bridgehead atoms. The van der Waals surface area contributed by atoms with Crippen LogP contribution in [0.3, 0.4) is 0 Å². The molecule has 17 heavy (non-hydrogen) atoms. The summed E-state index contributed by atoms with van der Waals surface area (Å²) >= 11 is 0. The van der Waals surface area contributed by atoms with Gasteiger partial charge in [0.1, 0.15) is 0 Å². The van der Waals surface area contributed by atoms with Crippen LogP contribution in [-0.2, 0) is 0 Å². The third kappa shape index (κ3) is 4.11. The number of nitrogens with two attached hydrogens (primary N) is 1. The van der Waals surface area contributed by atoms with E-state index in [0.717, 1.165) is 5.92 Å². The van der Waals surface area contributed by atoms with Gasteiger partial charge in [-0.1, -0.05) is 50.2 Å². The molecule has 1 atom stereocenters. The highest BCUT2D eigenvalue weighted by Gasteiger charge is 2.21. The number of nitrogens with one attached hydrogen (secondary N) is 1. The highest BCUT2D eigenvalue weighted by atomic mass is 15.2. The zero-order chi connectivity index (χ0) is 11.9. The predicted octanol–water partition coefficient (Wildman–Crippen LogP) is 3.68. The fraction of sp³-hybridized carbons (Fsp3) is 0.867. The van der Waals surface area contributed by atoms with Crippen molar-refractivity contribution < 1.29 is 0 Å². The Balaban J connectivity index is 1.89. The van der Waals surface area contributed by atoms with Crippen molar-refractivity contribution in [2.45, 2.75) is 76.7 Å². The van der Waals surface area contributed by atoms with Crippen molar-refractivity contribution in [3.05, 3.63) is 11.6 Å². The SMILES string of the molecule is NNC(CC1CCCC1)C1=CCCCCCC1. The van der Waals surface area contributed by atoms with Gasteiger partial charge in [0.2, 0.25) is 0 Å². The fourth-order valence-corrected chi connectivity index (χ4v) is 3.44. The summed E-state index contributed by atoms with van der Waals surface area (Å²) in [4.78, 5) is 0. The van der Waals surface area contributed by atoms with E-state index in [1.165, 1.54) is 70.6 Å². The van der Waals surface area contributed by atoms with Crippen molar-refractivity contribution in [2.75, 3.05) is 0 Å². The fourth-order valence-electron chi connectivity index (χ4n) is 3.44. The first-order chi connectivity index (χ1) is 8.40. The molecule has 0 amide bonds. The van der Waals surface area contributed by atoms with Crippen LogP contribution >= 0.6 is 0 Å². The topological polar surface area (TPSA) is 38.0 Å². The van der Waals surface area contributed by atoms with Crippen LogP contribution in [0.25, 0.3) is 0 Å². The molecule has 0 radical (unpaired) electrons. The van der Waals surface area contributed by atoms with Gasteiger partial charge in [-0.25, -0.2) is 0 Å². The molecule has 0 aromatic carbocycles. The Bertz CT molecular complexity index is 241. The van der Waals surface area contributed by atoms with Gasteiger partial charge < -0.3 is 0 Å². The van der Waals surface area contributed by atoms with E-state index >= 15 is 0 Å². The summed E-state index contributed by atoms with van der Waals surface area (Å²) in [5, 5.41) is 0. The van der Waals surface area contributed by atoms with Crippen LogP contribution in [0.4, 0.5) is 0 Å². The van der Waals surface area contributed by atoms with E-state index in [0.29, 0.717) is 6.04 Å². The van der Waals surface area contributed by atoms with Gasteiger partial charge in [-0.2, -0.15) is 0 Å². The Morgan fingerprint density at radius 1 is 1.12 bits per heavy atom. The summed E-state index contributed by atoms with van der Waals surface area (Å²) in [5.41, 5.74) is 4.67. The van der Waals surface area contributed by atoms with E-state index in [9.17, 15) is 0 Å². The minimum Gasteiger partial charge on any atom is -0.271 e. The second kappa shape index (κ2) is 7.17. The number of hydrogen-bond donors (Lipinski definition) is 2. The lowest BCUT2D eigenvalue weighted by Gasteiger charge is -2.24. The van der Waals surface area contributed by atoms with Gasteiger partial charge in [0, 0.05) is 6.04 Å².